The Kier molecular flexibility index (Phi) is 4.87. The van der Waals surface area contributed by atoms with Crippen LogP contribution in [0.3, 0.4) is 0 Å². The number of allylic oxidation sites excluding steroid dienone is 4. The van der Waals surface area contributed by atoms with Crippen molar-refractivity contribution in [1.82, 2.24) is 0 Å². The van der Waals surface area contributed by atoms with Crippen molar-refractivity contribution in [1.29, 1.82) is 0 Å². The first-order valence-electron chi connectivity index (χ1n) is 7.22. The van der Waals surface area contributed by atoms with Gasteiger partial charge in [0.2, 0.25) is 0 Å². The van der Waals surface area contributed by atoms with Crippen molar-refractivity contribution >= 4 is 23.2 Å². The van der Waals surface area contributed by atoms with Gasteiger partial charge in [-0.15, -0.1) is 0 Å². The van der Waals surface area contributed by atoms with Crippen LogP contribution in [0.4, 0.5) is 0 Å². The zero-order valence-corrected chi connectivity index (χ0v) is 13.5. The maximum absolute atomic E-state index is 6.00. The maximum atomic E-state index is 6.00. The first-order valence-corrected chi connectivity index (χ1v) is 7.98. The molecule has 0 radical (unpaired) electrons. The molecular formula is C19H16Cl2O. The van der Waals surface area contributed by atoms with Crippen LogP contribution >= 0.6 is 23.2 Å². The third-order valence-electron chi connectivity index (χ3n) is 3.68. The molecule has 1 nitrogen and oxygen atoms in total. The smallest absolute Gasteiger partial charge is 0.119 e. The second-order valence-corrected chi connectivity index (χ2v) is 6.08. The van der Waals surface area contributed by atoms with E-state index in [1.807, 2.05) is 24.3 Å². The summed E-state index contributed by atoms with van der Waals surface area (Å²) >= 11 is 11.9. The quantitative estimate of drug-likeness (QED) is 0.651. The molecule has 0 heterocycles. The van der Waals surface area contributed by atoms with E-state index < -0.39 is 0 Å². The van der Waals surface area contributed by atoms with Crippen LogP contribution in [0.5, 0.6) is 5.75 Å². The summed E-state index contributed by atoms with van der Waals surface area (Å²) in [4.78, 5) is 0. The number of halogens is 2. The SMILES string of the molecule is Clc1ccc(COc2ccc([C@@H]3C=CC=CC3)cc2)cc1Cl. The number of benzene rings is 2. The van der Waals surface area contributed by atoms with E-state index in [1.165, 1.54) is 5.56 Å². The normalized spacial score (nSPS) is 16.7. The Bertz CT molecular complexity index is 702. The van der Waals surface area contributed by atoms with Gasteiger partial charge in [0.25, 0.3) is 0 Å². The Morgan fingerprint density at radius 3 is 2.45 bits per heavy atom. The summed E-state index contributed by atoms with van der Waals surface area (Å²) in [5.41, 5.74) is 2.31. The molecule has 0 bridgehead atoms. The Labute approximate surface area is 140 Å². The summed E-state index contributed by atoms with van der Waals surface area (Å²) in [6.07, 6.45) is 9.67. The molecule has 0 unspecified atom stereocenters. The van der Waals surface area contributed by atoms with Gasteiger partial charge < -0.3 is 4.74 Å². The molecule has 1 atom stereocenters. The molecular weight excluding hydrogens is 315 g/mol. The van der Waals surface area contributed by atoms with E-state index in [1.54, 1.807) is 6.07 Å². The number of ether oxygens (including phenoxy) is 1. The predicted octanol–water partition coefficient (Wildman–Crippen LogP) is 6.17. The Morgan fingerprint density at radius 1 is 0.955 bits per heavy atom. The van der Waals surface area contributed by atoms with Gasteiger partial charge in [-0.1, -0.05) is 65.7 Å². The van der Waals surface area contributed by atoms with E-state index in [2.05, 4.69) is 36.4 Å². The molecule has 0 saturated carbocycles. The second-order valence-electron chi connectivity index (χ2n) is 5.26. The van der Waals surface area contributed by atoms with Crippen LogP contribution in [0.2, 0.25) is 10.0 Å². The highest BCUT2D eigenvalue weighted by molar-refractivity contribution is 6.42. The van der Waals surface area contributed by atoms with Crippen molar-refractivity contribution in [3.63, 3.8) is 0 Å². The van der Waals surface area contributed by atoms with Gasteiger partial charge in [0.05, 0.1) is 10.0 Å². The Morgan fingerprint density at radius 2 is 1.77 bits per heavy atom. The zero-order valence-electron chi connectivity index (χ0n) is 12.0. The summed E-state index contributed by atoms with van der Waals surface area (Å²) in [7, 11) is 0. The molecule has 1 aliphatic carbocycles. The van der Waals surface area contributed by atoms with Gasteiger partial charge in [-0.2, -0.15) is 0 Å². The molecule has 3 rings (SSSR count). The van der Waals surface area contributed by atoms with Crippen molar-refractivity contribution in [3.05, 3.63) is 87.9 Å². The van der Waals surface area contributed by atoms with Gasteiger partial charge in [-0.3, -0.25) is 0 Å². The van der Waals surface area contributed by atoms with Crippen LogP contribution in [0.15, 0.2) is 66.8 Å². The highest BCUT2D eigenvalue weighted by atomic mass is 35.5. The summed E-state index contributed by atoms with van der Waals surface area (Å²) in [6, 6.07) is 13.8. The van der Waals surface area contributed by atoms with Crippen LogP contribution < -0.4 is 4.74 Å². The molecule has 2 aromatic carbocycles. The van der Waals surface area contributed by atoms with Crippen LogP contribution in [0.25, 0.3) is 0 Å². The molecule has 0 aromatic heterocycles. The van der Waals surface area contributed by atoms with Crippen LogP contribution in [0, 0.1) is 0 Å². The molecule has 0 aliphatic heterocycles. The second kappa shape index (κ2) is 7.04. The van der Waals surface area contributed by atoms with Crippen LogP contribution in [0.1, 0.15) is 23.5 Å². The summed E-state index contributed by atoms with van der Waals surface area (Å²) < 4.78 is 5.80. The maximum Gasteiger partial charge on any atom is 0.119 e. The summed E-state index contributed by atoms with van der Waals surface area (Å²) in [5.74, 6) is 1.32. The molecule has 0 saturated heterocycles. The highest BCUT2D eigenvalue weighted by Crippen LogP contribution is 2.27. The lowest BCUT2D eigenvalue weighted by Gasteiger charge is -2.14. The van der Waals surface area contributed by atoms with Gasteiger partial charge in [0.15, 0.2) is 0 Å². The minimum Gasteiger partial charge on any atom is -0.489 e. The zero-order chi connectivity index (χ0) is 15.4. The number of rotatable bonds is 4. The van der Waals surface area contributed by atoms with Crippen molar-refractivity contribution in [3.8, 4) is 5.75 Å². The fourth-order valence-corrected chi connectivity index (χ4v) is 2.76. The number of hydrogen-bond donors (Lipinski definition) is 0. The first-order chi connectivity index (χ1) is 10.7. The van der Waals surface area contributed by atoms with Gasteiger partial charge in [0, 0.05) is 5.92 Å². The Balaban J connectivity index is 1.62. The average molecular weight is 331 g/mol. The van der Waals surface area contributed by atoms with Crippen molar-refractivity contribution in [2.45, 2.75) is 18.9 Å². The lowest BCUT2D eigenvalue weighted by molar-refractivity contribution is 0.306. The van der Waals surface area contributed by atoms with Crippen molar-refractivity contribution < 1.29 is 4.74 Å². The van der Waals surface area contributed by atoms with Crippen LogP contribution in [-0.2, 0) is 6.61 Å². The van der Waals surface area contributed by atoms with Crippen LogP contribution in [-0.4, -0.2) is 0 Å². The topological polar surface area (TPSA) is 9.23 Å². The molecule has 0 fully saturated rings. The van der Waals surface area contributed by atoms with Gasteiger partial charge in [0.1, 0.15) is 12.4 Å². The predicted molar refractivity (Wildman–Crippen MR) is 92.9 cm³/mol. The molecule has 3 heteroatoms. The first kappa shape index (κ1) is 15.2. The van der Waals surface area contributed by atoms with E-state index >= 15 is 0 Å². The minimum absolute atomic E-state index is 0.467. The third kappa shape index (κ3) is 3.73. The molecule has 0 N–H and O–H groups in total. The van der Waals surface area contributed by atoms with Gasteiger partial charge in [-0.25, -0.2) is 0 Å². The average Bonchev–Trinajstić information content (AvgIpc) is 2.57. The van der Waals surface area contributed by atoms with E-state index in [4.69, 9.17) is 27.9 Å². The standard InChI is InChI=1S/C19H16Cl2O/c20-18-11-6-14(12-19(18)21)13-22-17-9-7-16(8-10-17)15-4-2-1-3-5-15/h1-4,6-12,15H,5,13H2/t15-/m1/s1. The largest absolute Gasteiger partial charge is 0.489 e. The third-order valence-corrected chi connectivity index (χ3v) is 4.42. The Hall–Kier alpha value is -1.70. The molecule has 1 aliphatic rings. The fraction of sp³-hybridized carbons (Fsp3) is 0.158. The van der Waals surface area contributed by atoms with E-state index in [0.717, 1.165) is 17.7 Å². The lowest BCUT2D eigenvalue weighted by Crippen LogP contribution is -1.98. The van der Waals surface area contributed by atoms with Crippen molar-refractivity contribution in [2.24, 2.45) is 0 Å². The van der Waals surface area contributed by atoms with Crippen molar-refractivity contribution in [2.75, 3.05) is 0 Å². The summed E-state index contributed by atoms with van der Waals surface area (Å²) in [5, 5.41) is 1.11. The molecule has 0 spiro atoms. The van der Waals surface area contributed by atoms with E-state index in [9.17, 15) is 0 Å². The molecule has 2 aromatic rings. The van der Waals surface area contributed by atoms with E-state index in [-0.39, 0.29) is 0 Å². The van der Waals surface area contributed by atoms with Gasteiger partial charge >= 0.3 is 0 Å². The fourth-order valence-electron chi connectivity index (χ4n) is 2.44. The summed E-state index contributed by atoms with van der Waals surface area (Å²) in [6.45, 7) is 0.475. The monoisotopic (exact) mass is 330 g/mol. The molecule has 112 valence electrons. The lowest BCUT2D eigenvalue weighted by atomic mass is 9.93. The van der Waals surface area contributed by atoms with E-state index in [0.29, 0.717) is 22.6 Å². The molecule has 22 heavy (non-hydrogen) atoms. The van der Waals surface area contributed by atoms with Gasteiger partial charge in [-0.05, 0) is 41.8 Å². The minimum atomic E-state index is 0.467. The number of hydrogen-bond acceptors (Lipinski definition) is 1. The highest BCUT2D eigenvalue weighted by Gasteiger charge is 2.08. The molecule has 0 amide bonds.